The van der Waals surface area contributed by atoms with Crippen LogP contribution in [0, 0.1) is 0 Å². The molecule has 1 N–H and O–H groups in total. The molecule has 8 heterocycles. The first-order valence-electron chi connectivity index (χ1n) is 31.2. The number of ether oxygens (including phenoxy) is 4. The molecule has 4 aromatic carbocycles. The molecule has 0 fully saturated rings. The monoisotopic (exact) mass is 1530 g/mol. The van der Waals surface area contributed by atoms with E-state index in [0.29, 0.717) is 43.7 Å². The number of alkyl halides is 1. The van der Waals surface area contributed by atoms with Gasteiger partial charge in [-0.05, 0) is 82.5 Å². The van der Waals surface area contributed by atoms with Crippen molar-refractivity contribution in [1.29, 1.82) is 0 Å². The number of nitrogens with zero attached hydrogens (tertiary/aromatic N) is 13. The number of nitrogens with one attached hydrogen (secondary N) is 1. The maximum atomic E-state index is 12.1. The van der Waals surface area contributed by atoms with Gasteiger partial charge in [-0.15, -0.1) is 22.7 Å². The van der Waals surface area contributed by atoms with Crippen LogP contribution in [0.25, 0.3) is 107 Å². The first kappa shape index (κ1) is 80.7. The van der Waals surface area contributed by atoms with Gasteiger partial charge in [0.1, 0.15) is 24.5 Å². The first-order chi connectivity index (χ1) is 46.6. The summed E-state index contributed by atoms with van der Waals surface area (Å²) in [5.41, 5.74) is 11.6. The van der Waals surface area contributed by atoms with E-state index in [1.165, 1.54) is 39.3 Å². The molecule has 0 unspecified atom stereocenters. The molecule has 0 aliphatic carbocycles. The van der Waals surface area contributed by atoms with Crippen molar-refractivity contribution >= 4 is 162 Å². The number of carbonyl (C=O) groups excluding carboxylic acids is 3. The third-order valence-corrected chi connectivity index (χ3v) is 21.2. The average Bonchev–Trinajstić information content (AvgIpc) is 1.58. The van der Waals surface area contributed by atoms with Crippen LogP contribution in [0.15, 0.2) is 132 Å². The van der Waals surface area contributed by atoms with Gasteiger partial charge in [-0.25, -0.2) is 39.3 Å². The molecular formula is C69H81BrK2N14O9S2Si2. The minimum Gasteiger partial charge on any atom is -1.00 e. The molecule has 12 aromatic rings. The molecule has 0 saturated carbocycles. The number of hydrogen-bond acceptors (Lipinski definition) is 19. The number of rotatable bonds is 24. The van der Waals surface area contributed by atoms with Crippen LogP contribution in [0.3, 0.4) is 0 Å². The molecule has 99 heavy (non-hydrogen) atoms. The zero-order valence-electron chi connectivity index (χ0n) is 59.5. The number of aliphatic imine (C=N–C) groups is 2. The summed E-state index contributed by atoms with van der Waals surface area (Å²) in [5.74, 6) is 0.347. The van der Waals surface area contributed by atoms with E-state index in [2.05, 4.69) is 175 Å². The van der Waals surface area contributed by atoms with Crippen molar-refractivity contribution in [1.82, 2.24) is 58.8 Å². The molecule has 0 atom stereocenters. The van der Waals surface area contributed by atoms with Crippen molar-refractivity contribution in [3.63, 3.8) is 0 Å². The number of fused-ring (bicyclic) bond motifs is 6. The molecule has 0 aliphatic heterocycles. The van der Waals surface area contributed by atoms with Crippen LogP contribution >= 0.6 is 38.6 Å². The van der Waals surface area contributed by atoms with Gasteiger partial charge < -0.3 is 49.9 Å². The number of hydrogen-bond donors (Lipinski definition) is 1. The van der Waals surface area contributed by atoms with Crippen molar-refractivity contribution in [3.05, 3.63) is 122 Å². The summed E-state index contributed by atoms with van der Waals surface area (Å²) in [6, 6.07) is 32.5. The minimum absolute atomic E-state index is 0. The Morgan fingerprint density at radius 2 is 1.12 bits per heavy atom. The normalized spacial score (nSPS) is 11.5. The number of esters is 2. The number of thiophene rings is 2. The first-order valence-corrected chi connectivity index (χ1v) is 41.4. The molecule has 0 saturated heterocycles. The molecule has 0 amide bonds. The Morgan fingerprint density at radius 1 is 0.646 bits per heavy atom. The van der Waals surface area contributed by atoms with Gasteiger partial charge in [0.2, 0.25) is 0 Å². The largest absolute Gasteiger partial charge is 1.00 e. The van der Waals surface area contributed by atoms with Crippen LogP contribution < -0.4 is 108 Å². The molecule has 23 nitrogen and oxygen atoms in total. The van der Waals surface area contributed by atoms with Crippen LogP contribution in [0.1, 0.15) is 14.3 Å². The summed E-state index contributed by atoms with van der Waals surface area (Å²) >= 11 is 6.65. The third-order valence-electron chi connectivity index (χ3n) is 15.1. The number of H-pyrrole nitrogens is 1. The second-order valence-electron chi connectivity index (χ2n) is 25.4. The number of methoxy groups -OCH3 is 2. The maximum Gasteiger partial charge on any atom is 1.00 e. The summed E-state index contributed by atoms with van der Waals surface area (Å²) in [7, 11) is 8.05. The van der Waals surface area contributed by atoms with Crippen molar-refractivity contribution in [3.8, 4) is 43.1 Å². The Balaban J connectivity index is 0.000000269. The Labute approximate surface area is 680 Å². The van der Waals surface area contributed by atoms with E-state index in [4.69, 9.17) is 44.4 Å². The van der Waals surface area contributed by atoms with E-state index >= 15 is 0 Å². The number of halogens is 1. The van der Waals surface area contributed by atoms with E-state index < -0.39 is 16.1 Å². The van der Waals surface area contributed by atoms with E-state index in [0.717, 1.165) is 107 Å². The Morgan fingerprint density at radius 3 is 1.58 bits per heavy atom. The number of aromatic amines is 1. The summed E-state index contributed by atoms with van der Waals surface area (Å²) in [6.45, 7) is 16.7. The van der Waals surface area contributed by atoms with E-state index in [9.17, 15) is 9.59 Å². The van der Waals surface area contributed by atoms with Gasteiger partial charge in [0.15, 0.2) is 0 Å². The van der Waals surface area contributed by atoms with Crippen molar-refractivity contribution in [2.24, 2.45) is 9.98 Å². The third kappa shape index (κ3) is 22.2. The number of aromatic nitrogens is 10. The number of benzene rings is 4. The molecule has 30 heteroatoms. The fourth-order valence-electron chi connectivity index (χ4n) is 10.2. The molecule has 8 aromatic heterocycles. The fourth-order valence-corrected chi connectivity index (χ4v) is 14.2. The smallest absolute Gasteiger partial charge is 1.00 e. The molecule has 12 rings (SSSR count). The summed E-state index contributed by atoms with van der Waals surface area (Å²) in [5, 5.41) is 23.2. The summed E-state index contributed by atoms with van der Waals surface area (Å²) in [6.07, 6.45) is 15.5. The van der Waals surface area contributed by atoms with Gasteiger partial charge in [0.25, 0.3) is 18.4 Å². The minimum atomic E-state index is -1.21. The van der Waals surface area contributed by atoms with Gasteiger partial charge in [-0.1, -0.05) is 91.6 Å². The molecule has 0 bridgehead atoms. The van der Waals surface area contributed by atoms with Gasteiger partial charge >= 0.3 is 115 Å². The van der Waals surface area contributed by atoms with E-state index in [1.54, 1.807) is 47.7 Å². The quantitative estimate of drug-likeness (QED) is 0.00686. The van der Waals surface area contributed by atoms with Gasteiger partial charge in [-0.3, -0.25) is 14.4 Å². The van der Waals surface area contributed by atoms with Crippen molar-refractivity contribution < 1.29 is 148 Å². The molecule has 0 spiro atoms. The zero-order chi connectivity index (χ0) is 69.4. The predicted octanol–water partition coefficient (Wildman–Crippen LogP) is 8.32. The van der Waals surface area contributed by atoms with E-state index in [-0.39, 0.29) is 129 Å². The standard InChI is InChI=1S/C34H39N7O3SSi.C30H33N7OSSi.C4H7BrO2.CH2O3.2K.H/c1-39(2)21-36-34-35-19-28-32(38-34)27(20-40(28)12-11-31(42)43-3)24-15-25-18-37-41(22-44-13-14-46(4,5)6)33(25)26(16-24)30-17-23-9-7-8-10-29(23)45-30;1-36(2)18-33-30-32-17-25-28(35-30)24(16-31-25)21-12-22-15-34-37(19-38-10-11-40(3,4)5)29(22)23(13-21)27-14-20-8-6-7-9-26(20)39-27;1-7-4(6)2-3-5;2-1-4-3;;;/h7-10,15-21H,11-14,22H2,1-6H3;6-9,12-18,31H,10-11,19H2,1-5H3;2-3H2,1H3;1,3H;;;/q;;;;2*+1;-1/p-1. The van der Waals surface area contributed by atoms with Crippen molar-refractivity contribution in [2.75, 3.05) is 61.0 Å². The SMILES string of the molecule is CN(C)C=Nc1ncc2[nH]cc(-c3cc(-c4cc5ccccc5s4)c4c(cnn4COCC[Si](C)(C)C)c3)c2n1.COC(=O)CCBr.COC(=O)CCn1cc(-c2cc(-c3cc4ccccc4s3)c3c(cnn3COCC[Si](C)(C)C)c2)c2nc(N=CN(C)C)ncc21.O=CO[O-].[H-].[K+].[K+]. The summed E-state index contributed by atoms with van der Waals surface area (Å²) in [4.78, 5) is 70.2. The molecule has 510 valence electrons. The topological polar surface area (TPSA) is 260 Å². The number of carbonyl (C=O) groups is 3. The van der Waals surface area contributed by atoms with Gasteiger partial charge in [0, 0.05) is 134 Å². The molecule has 0 radical (unpaired) electrons. The predicted molar refractivity (Wildman–Crippen MR) is 398 cm³/mol. The molecule has 0 aliphatic rings. The van der Waals surface area contributed by atoms with Gasteiger partial charge in [-0.2, -0.15) is 10.2 Å². The second kappa shape index (κ2) is 38.1. The Hall–Kier alpha value is -5.60. The molecular weight excluding hydrogens is 1450 g/mol. The Kier molecular flexibility index (Phi) is 31.0. The van der Waals surface area contributed by atoms with Crippen LogP contribution in [-0.2, 0) is 58.2 Å². The van der Waals surface area contributed by atoms with E-state index in [1.807, 2.05) is 76.7 Å². The van der Waals surface area contributed by atoms with Crippen molar-refractivity contribution in [2.45, 2.75) is 84.2 Å². The average molecular weight is 1530 g/mol. The maximum absolute atomic E-state index is 12.1. The second-order valence-corrected chi connectivity index (χ2v) is 39.6. The zero-order valence-corrected chi connectivity index (χ0v) is 70.0. The number of aryl methyl sites for hydroxylation is 1. The van der Waals surface area contributed by atoms with Crippen LogP contribution in [0.5, 0.6) is 0 Å². The van der Waals surface area contributed by atoms with Gasteiger partial charge in [0.05, 0.1) is 86.6 Å². The van der Waals surface area contributed by atoms with Crippen LogP contribution in [0.4, 0.5) is 11.9 Å². The van der Waals surface area contributed by atoms with Crippen LogP contribution in [-0.4, -0.2) is 167 Å². The van der Waals surface area contributed by atoms with Crippen LogP contribution in [0.2, 0.25) is 51.4 Å². The fraction of sp³-hybridized carbons (Fsp3) is 0.319. The Bertz CT molecular complexity index is 4690. The summed E-state index contributed by atoms with van der Waals surface area (Å²) < 4.78 is 30.0.